The molecule has 0 saturated heterocycles. The van der Waals surface area contributed by atoms with E-state index in [0.29, 0.717) is 16.3 Å². The Hall–Kier alpha value is -2.93. The van der Waals surface area contributed by atoms with Gasteiger partial charge < -0.3 is 0 Å². The number of nitro benzene ring substituents is 1. The van der Waals surface area contributed by atoms with Gasteiger partial charge in [0.15, 0.2) is 0 Å². The Labute approximate surface area is 108 Å². The minimum atomic E-state index is -0.418. The number of hydrogen-bond donors (Lipinski definition) is 0. The molecule has 4 heteroatoms. The number of benzene rings is 3. The van der Waals surface area contributed by atoms with Crippen molar-refractivity contribution in [1.82, 2.24) is 0 Å². The first kappa shape index (κ1) is 11.2. The highest BCUT2D eigenvalue weighted by molar-refractivity contribution is 6.07. The first-order chi connectivity index (χ1) is 9.22. The summed E-state index contributed by atoms with van der Waals surface area (Å²) in [6.45, 7) is 0. The van der Waals surface area contributed by atoms with Crippen LogP contribution in [0.15, 0.2) is 48.5 Å². The van der Waals surface area contributed by atoms with Gasteiger partial charge in [-0.1, -0.05) is 36.4 Å². The quantitative estimate of drug-likeness (QED) is 0.374. The largest absolute Gasteiger partial charge is 0.277 e. The molecule has 0 spiro atoms. The molecule has 0 fully saturated rings. The van der Waals surface area contributed by atoms with Crippen molar-refractivity contribution in [3.05, 3.63) is 64.2 Å². The van der Waals surface area contributed by atoms with Gasteiger partial charge >= 0.3 is 0 Å². The van der Waals surface area contributed by atoms with E-state index in [9.17, 15) is 15.4 Å². The van der Waals surface area contributed by atoms with Crippen LogP contribution in [-0.4, -0.2) is 4.92 Å². The number of nitro groups is 1. The van der Waals surface area contributed by atoms with Gasteiger partial charge in [0.2, 0.25) is 0 Å². The molecule has 0 aromatic heterocycles. The first-order valence-electron chi connectivity index (χ1n) is 5.71. The van der Waals surface area contributed by atoms with Gasteiger partial charge in [0.25, 0.3) is 5.69 Å². The summed E-state index contributed by atoms with van der Waals surface area (Å²) < 4.78 is 0. The van der Waals surface area contributed by atoms with Gasteiger partial charge in [-0.05, 0) is 11.5 Å². The lowest BCUT2D eigenvalue weighted by Crippen LogP contribution is -1.91. The van der Waals surface area contributed by atoms with Crippen molar-refractivity contribution in [1.29, 1.82) is 5.26 Å². The molecule has 3 aromatic carbocycles. The van der Waals surface area contributed by atoms with Gasteiger partial charge in [-0.2, -0.15) is 5.26 Å². The van der Waals surface area contributed by atoms with Crippen molar-refractivity contribution in [3.63, 3.8) is 0 Å². The summed E-state index contributed by atoms with van der Waals surface area (Å²) in [5.41, 5.74) is 0.511. The predicted molar refractivity (Wildman–Crippen MR) is 72.8 cm³/mol. The van der Waals surface area contributed by atoms with Crippen molar-refractivity contribution < 1.29 is 4.92 Å². The van der Waals surface area contributed by atoms with Crippen LogP contribution in [0, 0.1) is 21.4 Å². The highest BCUT2D eigenvalue weighted by Gasteiger charge is 2.15. The van der Waals surface area contributed by atoms with E-state index in [1.807, 2.05) is 24.3 Å². The van der Waals surface area contributed by atoms with Crippen LogP contribution < -0.4 is 0 Å². The highest BCUT2D eigenvalue weighted by Crippen LogP contribution is 2.33. The van der Waals surface area contributed by atoms with Crippen LogP contribution >= 0.6 is 0 Å². The van der Waals surface area contributed by atoms with E-state index in [1.165, 1.54) is 6.07 Å². The van der Waals surface area contributed by atoms with Crippen molar-refractivity contribution in [2.24, 2.45) is 0 Å². The zero-order valence-corrected chi connectivity index (χ0v) is 9.83. The Kier molecular flexibility index (Phi) is 2.39. The second-order valence-electron chi connectivity index (χ2n) is 4.21. The molecule has 0 atom stereocenters. The molecule has 0 N–H and O–H groups in total. The van der Waals surface area contributed by atoms with Crippen LogP contribution in [-0.2, 0) is 0 Å². The summed E-state index contributed by atoms with van der Waals surface area (Å²) >= 11 is 0. The molecule has 0 bridgehead atoms. The summed E-state index contributed by atoms with van der Waals surface area (Å²) in [5.74, 6) is 0. The second kappa shape index (κ2) is 4.07. The maximum atomic E-state index is 11.1. The van der Waals surface area contributed by atoms with Crippen LogP contribution in [0.1, 0.15) is 5.56 Å². The molecule has 0 aliphatic heterocycles. The topological polar surface area (TPSA) is 66.9 Å². The summed E-state index contributed by atoms with van der Waals surface area (Å²) in [4.78, 5) is 10.7. The minimum Gasteiger partial charge on any atom is -0.258 e. The van der Waals surface area contributed by atoms with Crippen LogP contribution in [0.25, 0.3) is 21.5 Å². The smallest absolute Gasteiger partial charge is 0.258 e. The molecule has 90 valence electrons. The van der Waals surface area contributed by atoms with Gasteiger partial charge in [0, 0.05) is 16.8 Å². The minimum absolute atomic E-state index is 0.0275. The summed E-state index contributed by atoms with van der Waals surface area (Å²) in [7, 11) is 0. The molecular formula is C15H8N2O2. The second-order valence-corrected chi connectivity index (χ2v) is 4.21. The Morgan fingerprint density at radius 3 is 2.47 bits per heavy atom. The van der Waals surface area contributed by atoms with Crippen LogP contribution in [0.5, 0.6) is 0 Å². The van der Waals surface area contributed by atoms with E-state index in [-0.39, 0.29) is 5.69 Å². The number of rotatable bonds is 1. The molecule has 0 saturated carbocycles. The zero-order chi connectivity index (χ0) is 13.4. The molecule has 0 amide bonds. The number of hydrogen-bond acceptors (Lipinski definition) is 3. The third-order valence-corrected chi connectivity index (χ3v) is 3.19. The van der Waals surface area contributed by atoms with E-state index < -0.39 is 4.92 Å². The number of non-ortho nitro benzene ring substituents is 1. The van der Waals surface area contributed by atoms with Crippen LogP contribution in [0.3, 0.4) is 0 Å². The van der Waals surface area contributed by atoms with Gasteiger partial charge in [-0.3, -0.25) is 10.1 Å². The van der Waals surface area contributed by atoms with Crippen molar-refractivity contribution in [2.75, 3.05) is 0 Å². The fraction of sp³-hybridized carbons (Fsp3) is 0. The SMILES string of the molecule is N#Cc1c2ccccc2cc2c([N+](=O)[O-])cccc12. The average Bonchev–Trinajstić information content (AvgIpc) is 2.43. The number of fused-ring (bicyclic) bond motifs is 2. The zero-order valence-electron chi connectivity index (χ0n) is 9.83. The van der Waals surface area contributed by atoms with E-state index in [2.05, 4.69) is 6.07 Å². The van der Waals surface area contributed by atoms with E-state index in [1.54, 1.807) is 18.2 Å². The normalized spacial score (nSPS) is 10.5. The summed E-state index contributed by atoms with van der Waals surface area (Å²) in [6.07, 6.45) is 0. The van der Waals surface area contributed by atoms with Gasteiger partial charge in [-0.25, -0.2) is 0 Å². The first-order valence-corrected chi connectivity index (χ1v) is 5.71. The van der Waals surface area contributed by atoms with Crippen LogP contribution in [0.4, 0.5) is 5.69 Å². The van der Waals surface area contributed by atoms with E-state index in [4.69, 9.17) is 0 Å². The van der Waals surface area contributed by atoms with E-state index in [0.717, 1.165) is 10.8 Å². The third-order valence-electron chi connectivity index (χ3n) is 3.19. The average molecular weight is 248 g/mol. The van der Waals surface area contributed by atoms with E-state index >= 15 is 0 Å². The van der Waals surface area contributed by atoms with Gasteiger partial charge in [-0.15, -0.1) is 0 Å². The molecule has 0 aliphatic carbocycles. The van der Waals surface area contributed by atoms with Crippen molar-refractivity contribution in [3.8, 4) is 6.07 Å². The van der Waals surface area contributed by atoms with Gasteiger partial charge in [0.1, 0.15) is 6.07 Å². The summed E-state index contributed by atoms with van der Waals surface area (Å²) in [5, 5.41) is 23.2. The standard InChI is InChI=1S/C15H8N2O2/c16-9-14-11-5-2-1-4-10(11)8-13-12(14)6-3-7-15(13)17(18)19/h1-8H. The highest BCUT2D eigenvalue weighted by atomic mass is 16.6. The Morgan fingerprint density at radius 1 is 1.00 bits per heavy atom. The van der Waals surface area contributed by atoms with Crippen molar-refractivity contribution in [2.45, 2.75) is 0 Å². The number of nitriles is 1. The molecule has 19 heavy (non-hydrogen) atoms. The fourth-order valence-electron chi connectivity index (χ4n) is 2.35. The third kappa shape index (κ3) is 1.60. The van der Waals surface area contributed by atoms with Gasteiger partial charge in [0.05, 0.1) is 15.9 Å². The molecule has 0 heterocycles. The molecule has 0 aliphatic rings. The molecule has 0 radical (unpaired) electrons. The maximum absolute atomic E-state index is 11.1. The Morgan fingerprint density at radius 2 is 1.74 bits per heavy atom. The fourth-order valence-corrected chi connectivity index (χ4v) is 2.35. The molecular weight excluding hydrogens is 240 g/mol. The molecule has 3 rings (SSSR count). The van der Waals surface area contributed by atoms with Crippen molar-refractivity contribution >= 4 is 27.2 Å². The lowest BCUT2D eigenvalue weighted by molar-refractivity contribution is -0.383. The van der Waals surface area contributed by atoms with Crippen LogP contribution in [0.2, 0.25) is 0 Å². The lowest BCUT2D eigenvalue weighted by atomic mass is 9.97. The molecule has 0 unspecified atom stereocenters. The monoisotopic (exact) mass is 248 g/mol. The lowest BCUT2D eigenvalue weighted by Gasteiger charge is -2.06. The molecule has 4 nitrogen and oxygen atoms in total. The molecule has 3 aromatic rings. The number of nitrogens with zero attached hydrogens (tertiary/aromatic N) is 2. The predicted octanol–water partition coefficient (Wildman–Crippen LogP) is 3.77. The Balaban J connectivity index is 2.60. The summed E-state index contributed by atoms with van der Waals surface area (Å²) in [6, 6.07) is 16.1. The maximum Gasteiger partial charge on any atom is 0.277 e. The Bertz CT molecular complexity index is 863.